The van der Waals surface area contributed by atoms with Gasteiger partial charge in [-0.25, -0.2) is 0 Å². The fourth-order valence-electron chi connectivity index (χ4n) is 3.72. The van der Waals surface area contributed by atoms with Crippen molar-refractivity contribution in [3.05, 3.63) is 12.2 Å². The molecule has 0 aromatic rings. The normalized spacial score (nSPS) is 25.4. The molecule has 0 aromatic heterocycles. The summed E-state index contributed by atoms with van der Waals surface area (Å²) in [5.74, 6) is -0.0981. The fraction of sp³-hybridized carbons (Fsp3) is 0.842. The number of aliphatic carboxylic acids is 1. The summed E-state index contributed by atoms with van der Waals surface area (Å²) in [6.45, 7) is 7.07. The monoisotopic (exact) mass is 374 g/mol. The molecule has 1 rings (SSSR count). The number of allylic oxidation sites excluding steroid dienone is 2. The summed E-state index contributed by atoms with van der Waals surface area (Å²) in [6.07, 6.45) is 11.8. The highest BCUT2D eigenvalue weighted by Gasteiger charge is 2.37. The van der Waals surface area contributed by atoms with E-state index < -0.39 is 16.1 Å². The van der Waals surface area contributed by atoms with Gasteiger partial charge in [0.2, 0.25) is 0 Å². The van der Waals surface area contributed by atoms with Gasteiger partial charge < -0.3 is 5.11 Å². The van der Waals surface area contributed by atoms with Crippen LogP contribution in [-0.2, 0) is 19.1 Å². The summed E-state index contributed by atoms with van der Waals surface area (Å²) in [7, 11) is -3.41. The van der Waals surface area contributed by atoms with Crippen LogP contribution in [0.2, 0.25) is 0 Å². The van der Waals surface area contributed by atoms with E-state index in [2.05, 4.69) is 26.8 Å². The highest BCUT2D eigenvalue weighted by atomic mass is 32.2. The van der Waals surface area contributed by atoms with Gasteiger partial charge in [-0.2, -0.15) is 8.42 Å². The summed E-state index contributed by atoms with van der Waals surface area (Å²) in [5.41, 5.74) is 0.360. The minimum atomic E-state index is -3.41. The molecule has 5 nitrogen and oxygen atoms in total. The van der Waals surface area contributed by atoms with Crippen LogP contribution in [-0.4, -0.2) is 32.4 Å². The minimum Gasteiger partial charge on any atom is -0.481 e. The molecule has 1 saturated carbocycles. The second-order valence-corrected chi connectivity index (χ2v) is 10.2. The van der Waals surface area contributed by atoms with Gasteiger partial charge in [-0.1, -0.05) is 32.9 Å². The second kappa shape index (κ2) is 9.17. The molecule has 0 radical (unpaired) electrons. The maximum Gasteiger partial charge on any atom is 0.303 e. The highest BCUT2D eigenvalue weighted by Crippen LogP contribution is 2.49. The Morgan fingerprint density at radius 1 is 1.24 bits per heavy atom. The zero-order valence-corrected chi connectivity index (χ0v) is 16.9. The van der Waals surface area contributed by atoms with Crippen molar-refractivity contribution in [2.45, 2.75) is 72.1 Å². The lowest BCUT2D eigenvalue weighted by molar-refractivity contribution is -0.136. The van der Waals surface area contributed by atoms with E-state index in [0.29, 0.717) is 17.8 Å². The van der Waals surface area contributed by atoms with E-state index in [1.165, 1.54) is 0 Å². The van der Waals surface area contributed by atoms with E-state index in [4.69, 9.17) is 9.29 Å². The molecular weight excluding hydrogens is 340 g/mol. The summed E-state index contributed by atoms with van der Waals surface area (Å²) < 4.78 is 27.4. The van der Waals surface area contributed by atoms with Crippen molar-refractivity contribution >= 4 is 16.1 Å². The third-order valence-electron chi connectivity index (χ3n) is 5.44. The van der Waals surface area contributed by atoms with Crippen LogP contribution in [0.1, 0.15) is 72.1 Å². The van der Waals surface area contributed by atoms with Gasteiger partial charge in [0, 0.05) is 6.42 Å². The largest absolute Gasteiger partial charge is 0.481 e. The highest BCUT2D eigenvalue weighted by molar-refractivity contribution is 7.85. The Kier molecular flexibility index (Phi) is 8.13. The predicted molar refractivity (Wildman–Crippen MR) is 99.9 cm³/mol. The molecule has 146 valence electrons. The average Bonchev–Trinajstić information content (AvgIpc) is 2.45. The van der Waals surface area contributed by atoms with Gasteiger partial charge >= 0.3 is 5.97 Å². The van der Waals surface area contributed by atoms with Gasteiger partial charge in [0.1, 0.15) is 0 Å². The van der Waals surface area contributed by atoms with Crippen LogP contribution in [0.4, 0.5) is 0 Å². The molecule has 0 amide bonds. The van der Waals surface area contributed by atoms with Crippen LogP contribution in [0.5, 0.6) is 0 Å². The molecule has 1 aliphatic carbocycles. The van der Waals surface area contributed by atoms with Gasteiger partial charge in [0.25, 0.3) is 10.1 Å². The molecule has 25 heavy (non-hydrogen) atoms. The smallest absolute Gasteiger partial charge is 0.303 e. The zero-order valence-electron chi connectivity index (χ0n) is 16.1. The van der Waals surface area contributed by atoms with Gasteiger partial charge in [0.15, 0.2) is 0 Å². The molecule has 0 spiro atoms. The summed E-state index contributed by atoms with van der Waals surface area (Å²) in [5, 5.41) is 8.70. The quantitative estimate of drug-likeness (QED) is 0.478. The third-order valence-corrected chi connectivity index (χ3v) is 6.04. The molecule has 1 aliphatic rings. The number of hydrogen-bond donors (Lipinski definition) is 1. The van der Waals surface area contributed by atoms with E-state index in [0.717, 1.165) is 44.8 Å². The Morgan fingerprint density at radius 3 is 2.32 bits per heavy atom. The van der Waals surface area contributed by atoms with E-state index in [1.807, 2.05) is 6.08 Å². The molecule has 6 heteroatoms. The molecule has 0 aliphatic heterocycles. The lowest BCUT2D eigenvalue weighted by Crippen LogP contribution is -2.33. The number of carboxylic acids is 1. The molecule has 0 atom stereocenters. The first-order valence-corrected chi connectivity index (χ1v) is 11.0. The minimum absolute atomic E-state index is 0.0617. The van der Waals surface area contributed by atoms with Crippen molar-refractivity contribution in [1.29, 1.82) is 0 Å². The van der Waals surface area contributed by atoms with Crippen molar-refractivity contribution in [1.82, 2.24) is 0 Å². The Bertz CT molecular complexity index is 549. The summed E-state index contributed by atoms with van der Waals surface area (Å²) in [4.78, 5) is 10.6. The lowest BCUT2D eigenvalue weighted by Gasteiger charge is -2.44. The molecule has 1 fully saturated rings. The van der Waals surface area contributed by atoms with Crippen molar-refractivity contribution in [2.75, 3.05) is 12.9 Å². The molecule has 0 unspecified atom stereocenters. The molecule has 0 bridgehead atoms. The standard InChI is InChI=1S/C19H34O5S/c1-18(2,3)16-9-12-19(13-10-16,14-15-24-25(4,22)23)11-7-5-6-8-17(20)21/h5,7,16H,6,8-15H2,1-4H3,(H,20,21). The Labute approximate surface area is 153 Å². The number of hydrogen-bond acceptors (Lipinski definition) is 4. The average molecular weight is 375 g/mol. The molecular formula is C19H34O5S. The van der Waals surface area contributed by atoms with Crippen molar-refractivity contribution in [3.8, 4) is 0 Å². The zero-order chi connectivity index (χ0) is 19.1. The van der Waals surface area contributed by atoms with Crippen LogP contribution in [0.25, 0.3) is 0 Å². The van der Waals surface area contributed by atoms with Crippen LogP contribution < -0.4 is 0 Å². The van der Waals surface area contributed by atoms with Crippen LogP contribution >= 0.6 is 0 Å². The van der Waals surface area contributed by atoms with Crippen molar-refractivity contribution in [2.24, 2.45) is 16.7 Å². The summed E-state index contributed by atoms with van der Waals surface area (Å²) in [6, 6.07) is 0. The van der Waals surface area contributed by atoms with Gasteiger partial charge in [0.05, 0.1) is 12.9 Å². The Hall–Kier alpha value is -0.880. The van der Waals surface area contributed by atoms with E-state index >= 15 is 0 Å². The van der Waals surface area contributed by atoms with E-state index in [9.17, 15) is 13.2 Å². The summed E-state index contributed by atoms with van der Waals surface area (Å²) >= 11 is 0. The predicted octanol–water partition coefficient (Wildman–Crippen LogP) is 4.39. The fourth-order valence-corrected chi connectivity index (χ4v) is 4.11. The molecule has 0 heterocycles. The molecule has 1 N–H and O–H groups in total. The topological polar surface area (TPSA) is 80.7 Å². The second-order valence-electron chi connectivity index (χ2n) is 8.52. The van der Waals surface area contributed by atoms with Crippen molar-refractivity contribution < 1.29 is 22.5 Å². The SMILES string of the molecule is CC(C)(C)C1CCC(CC=CCCC(=O)O)(CCOS(C)(=O)=O)CC1. The van der Waals surface area contributed by atoms with Crippen LogP contribution in [0.15, 0.2) is 12.2 Å². The first-order chi connectivity index (χ1) is 11.4. The first kappa shape index (κ1) is 22.2. The first-order valence-electron chi connectivity index (χ1n) is 9.15. The third kappa shape index (κ3) is 8.86. The number of carbonyl (C=O) groups is 1. The number of rotatable bonds is 9. The van der Waals surface area contributed by atoms with E-state index in [-0.39, 0.29) is 18.4 Å². The lowest BCUT2D eigenvalue weighted by atomic mass is 9.62. The van der Waals surface area contributed by atoms with Crippen molar-refractivity contribution in [3.63, 3.8) is 0 Å². The van der Waals surface area contributed by atoms with Crippen LogP contribution in [0.3, 0.4) is 0 Å². The van der Waals surface area contributed by atoms with Gasteiger partial charge in [-0.05, 0) is 61.7 Å². The van der Waals surface area contributed by atoms with Gasteiger partial charge in [-0.3, -0.25) is 8.98 Å². The Morgan fingerprint density at radius 2 is 1.84 bits per heavy atom. The maximum atomic E-state index is 11.2. The number of carboxylic acid groups (broad SMARTS) is 1. The molecule has 0 saturated heterocycles. The maximum absolute atomic E-state index is 11.2. The van der Waals surface area contributed by atoms with E-state index in [1.54, 1.807) is 0 Å². The van der Waals surface area contributed by atoms with Crippen LogP contribution in [0, 0.1) is 16.7 Å². The Balaban J connectivity index is 2.66. The van der Waals surface area contributed by atoms with Gasteiger partial charge in [-0.15, -0.1) is 0 Å². The molecule has 0 aromatic carbocycles.